The minimum absolute atomic E-state index is 0.474. The molecule has 0 spiro atoms. The van der Waals surface area contributed by atoms with Gasteiger partial charge in [-0.15, -0.1) is 0 Å². The summed E-state index contributed by atoms with van der Waals surface area (Å²) in [6.45, 7) is 8.48. The number of aliphatic imine (C=N–C) groups is 1. The topological polar surface area (TPSA) is 30.8 Å². The van der Waals surface area contributed by atoms with Crippen LogP contribution in [-0.4, -0.2) is 25.8 Å². The van der Waals surface area contributed by atoms with Crippen molar-refractivity contribution in [3.63, 3.8) is 0 Å². The van der Waals surface area contributed by atoms with Gasteiger partial charge in [-0.3, -0.25) is 0 Å². The van der Waals surface area contributed by atoms with Crippen molar-refractivity contribution < 1.29 is 9.47 Å². The van der Waals surface area contributed by atoms with E-state index in [-0.39, 0.29) is 0 Å². The predicted octanol–water partition coefficient (Wildman–Crippen LogP) is 3.00. The fourth-order valence-electron chi connectivity index (χ4n) is 0.840. The Balaban J connectivity index is 3.75. The number of unbranched alkanes of at least 4 members (excludes halogenated alkanes) is 1. The standard InChI is InChI=1S/C11H23NO2/c1-4-7-8-12-11(13-9-5-2)14-10-6-3/h4-10H2,1-3H3. The van der Waals surface area contributed by atoms with Crippen LogP contribution < -0.4 is 0 Å². The Morgan fingerprint density at radius 2 is 1.50 bits per heavy atom. The zero-order chi connectivity index (χ0) is 10.6. The number of ether oxygens (including phenoxy) is 2. The maximum Gasteiger partial charge on any atom is 0.383 e. The highest BCUT2D eigenvalue weighted by Gasteiger charge is 1.99. The first-order valence-corrected chi connectivity index (χ1v) is 5.65. The second-order valence-corrected chi connectivity index (χ2v) is 3.20. The van der Waals surface area contributed by atoms with E-state index in [1.807, 2.05) is 0 Å². The summed E-state index contributed by atoms with van der Waals surface area (Å²) >= 11 is 0. The smallest absolute Gasteiger partial charge is 0.383 e. The van der Waals surface area contributed by atoms with Crippen LogP contribution in [0.2, 0.25) is 0 Å². The first-order chi connectivity index (χ1) is 6.85. The molecular formula is C11H23NO2. The van der Waals surface area contributed by atoms with E-state index in [0.717, 1.165) is 32.2 Å². The van der Waals surface area contributed by atoms with Crippen LogP contribution in [0.5, 0.6) is 0 Å². The Morgan fingerprint density at radius 3 is 1.93 bits per heavy atom. The number of hydrogen-bond acceptors (Lipinski definition) is 3. The number of nitrogens with zero attached hydrogens (tertiary/aromatic N) is 1. The van der Waals surface area contributed by atoms with Crippen LogP contribution in [0.4, 0.5) is 0 Å². The fourth-order valence-corrected chi connectivity index (χ4v) is 0.840. The monoisotopic (exact) mass is 201 g/mol. The van der Waals surface area contributed by atoms with Crippen LogP contribution in [0.25, 0.3) is 0 Å². The molecule has 0 saturated heterocycles. The molecule has 0 aliphatic rings. The zero-order valence-electron chi connectivity index (χ0n) is 9.71. The van der Waals surface area contributed by atoms with Gasteiger partial charge in [-0.1, -0.05) is 27.2 Å². The molecule has 0 aromatic rings. The molecular weight excluding hydrogens is 178 g/mol. The van der Waals surface area contributed by atoms with Crippen molar-refractivity contribution in [2.24, 2.45) is 4.99 Å². The minimum atomic E-state index is 0.474. The van der Waals surface area contributed by atoms with Crippen molar-refractivity contribution >= 4 is 6.08 Å². The van der Waals surface area contributed by atoms with E-state index < -0.39 is 0 Å². The summed E-state index contributed by atoms with van der Waals surface area (Å²) < 4.78 is 10.7. The lowest BCUT2D eigenvalue weighted by atomic mass is 10.3. The summed E-state index contributed by atoms with van der Waals surface area (Å²) in [4.78, 5) is 4.26. The lowest BCUT2D eigenvalue weighted by Gasteiger charge is -2.08. The molecule has 3 heteroatoms. The first-order valence-electron chi connectivity index (χ1n) is 5.65. The molecule has 0 N–H and O–H groups in total. The van der Waals surface area contributed by atoms with Gasteiger partial charge in [-0.2, -0.15) is 0 Å². The van der Waals surface area contributed by atoms with Gasteiger partial charge in [0.05, 0.1) is 13.2 Å². The molecule has 0 saturated carbocycles. The van der Waals surface area contributed by atoms with Gasteiger partial charge < -0.3 is 9.47 Å². The SMILES string of the molecule is CCCCN=C(OCCC)OCCC. The molecule has 0 rings (SSSR count). The third-order valence-electron chi connectivity index (χ3n) is 1.61. The maximum atomic E-state index is 5.37. The van der Waals surface area contributed by atoms with Crippen molar-refractivity contribution in [3.8, 4) is 0 Å². The normalized spacial score (nSPS) is 9.64. The van der Waals surface area contributed by atoms with Gasteiger partial charge >= 0.3 is 6.08 Å². The molecule has 0 fully saturated rings. The van der Waals surface area contributed by atoms with Crippen molar-refractivity contribution in [1.29, 1.82) is 0 Å². The summed E-state index contributed by atoms with van der Waals surface area (Å²) in [5.41, 5.74) is 0. The van der Waals surface area contributed by atoms with E-state index in [9.17, 15) is 0 Å². The quantitative estimate of drug-likeness (QED) is 0.360. The molecule has 0 radical (unpaired) electrons. The summed E-state index contributed by atoms with van der Waals surface area (Å²) in [6.07, 6.45) is 4.69. The Kier molecular flexibility index (Phi) is 9.81. The first kappa shape index (κ1) is 13.3. The van der Waals surface area contributed by atoms with Crippen LogP contribution in [0.1, 0.15) is 46.5 Å². The minimum Gasteiger partial charge on any atom is -0.451 e. The van der Waals surface area contributed by atoms with Crippen molar-refractivity contribution in [2.75, 3.05) is 19.8 Å². The molecule has 0 heterocycles. The Morgan fingerprint density at radius 1 is 0.929 bits per heavy atom. The molecule has 0 aliphatic heterocycles. The summed E-state index contributed by atoms with van der Waals surface area (Å²) in [5.74, 6) is 0. The molecule has 0 atom stereocenters. The van der Waals surface area contributed by atoms with Crippen molar-refractivity contribution in [3.05, 3.63) is 0 Å². The largest absolute Gasteiger partial charge is 0.451 e. The van der Waals surface area contributed by atoms with E-state index in [1.165, 1.54) is 0 Å². The average molecular weight is 201 g/mol. The molecule has 84 valence electrons. The summed E-state index contributed by atoms with van der Waals surface area (Å²) in [6, 6.07) is 0. The van der Waals surface area contributed by atoms with Crippen LogP contribution in [0.3, 0.4) is 0 Å². The lowest BCUT2D eigenvalue weighted by Crippen LogP contribution is -2.12. The highest BCUT2D eigenvalue weighted by atomic mass is 16.7. The van der Waals surface area contributed by atoms with E-state index in [0.29, 0.717) is 19.3 Å². The van der Waals surface area contributed by atoms with Crippen LogP contribution in [0.15, 0.2) is 4.99 Å². The Hall–Kier alpha value is -0.730. The molecule has 0 bridgehead atoms. The number of hydrogen-bond donors (Lipinski definition) is 0. The van der Waals surface area contributed by atoms with Gasteiger partial charge in [0.1, 0.15) is 0 Å². The third-order valence-corrected chi connectivity index (χ3v) is 1.61. The van der Waals surface area contributed by atoms with Gasteiger partial charge in [0.25, 0.3) is 0 Å². The van der Waals surface area contributed by atoms with Crippen LogP contribution in [0, 0.1) is 0 Å². The second-order valence-electron chi connectivity index (χ2n) is 3.20. The third kappa shape index (κ3) is 7.90. The molecule has 0 unspecified atom stereocenters. The summed E-state index contributed by atoms with van der Waals surface area (Å²) in [7, 11) is 0. The van der Waals surface area contributed by atoms with E-state index >= 15 is 0 Å². The highest BCUT2D eigenvalue weighted by molar-refractivity contribution is 5.66. The molecule has 0 aromatic heterocycles. The molecule has 0 aromatic carbocycles. The highest BCUT2D eigenvalue weighted by Crippen LogP contribution is 1.94. The maximum absolute atomic E-state index is 5.37. The average Bonchev–Trinajstić information content (AvgIpc) is 2.21. The molecule has 0 amide bonds. The van der Waals surface area contributed by atoms with E-state index in [4.69, 9.17) is 9.47 Å². The number of rotatable bonds is 7. The van der Waals surface area contributed by atoms with Gasteiger partial charge in [0.15, 0.2) is 0 Å². The predicted molar refractivity (Wildman–Crippen MR) is 59.7 cm³/mol. The Labute approximate surface area is 87.5 Å². The van der Waals surface area contributed by atoms with E-state index in [1.54, 1.807) is 0 Å². The molecule has 3 nitrogen and oxygen atoms in total. The molecule has 14 heavy (non-hydrogen) atoms. The van der Waals surface area contributed by atoms with E-state index in [2.05, 4.69) is 25.8 Å². The Bertz CT molecular complexity index is 136. The second kappa shape index (κ2) is 10.4. The summed E-state index contributed by atoms with van der Waals surface area (Å²) in [5, 5.41) is 0. The van der Waals surface area contributed by atoms with Gasteiger partial charge in [0.2, 0.25) is 0 Å². The molecule has 0 aliphatic carbocycles. The van der Waals surface area contributed by atoms with Crippen LogP contribution in [-0.2, 0) is 9.47 Å². The van der Waals surface area contributed by atoms with Gasteiger partial charge in [-0.25, -0.2) is 4.99 Å². The van der Waals surface area contributed by atoms with Gasteiger partial charge in [-0.05, 0) is 19.3 Å². The zero-order valence-corrected chi connectivity index (χ0v) is 9.71. The lowest BCUT2D eigenvalue weighted by molar-refractivity contribution is 0.164. The van der Waals surface area contributed by atoms with Crippen LogP contribution >= 0.6 is 0 Å². The van der Waals surface area contributed by atoms with Gasteiger partial charge in [0, 0.05) is 6.54 Å². The van der Waals surface area contributed by atoms with Crippen molar-refractivity contribution in [1.82, 2.24) is 0 Å². The fraction of sp³-hybridized carbons (Fsp3) is 0.909. The van der Waals surface area contributed by atoms with Crippen molar-refractivity contribution in [2.45, 2.75) is 46.5 Å².